The maximum absolute atomic E-state index is 12.0. The molecule has 1 aromatic carbocycles. The highest BCUT2D eigenvalue weighted by Crippen LogP contribution is 2.36. The molecule has 0 saturated carbocycles. The van der Waals surface area contributed by atoms with Gasteiger partial charge in [0, 0.05) is 28.0 Å². The van der Waals surface area contributed by atoms with E-state index in [-0.39, 0.29) is 5.78 Å². The predicted molar refractivity (Wildman–Crippen MR) is 60.8 cm³/mol. The van der Waals surface area contributed by atoms with Crippen molar-refractivity contribution in [2.75, 3.05) is 0 Å². The summed E-state index contributed by atoms with van der Waals surface area (Å²) < 4.78 is 0.926. The first kappa shape index (κ1) is 8.80. The van der Waals surface area contributed by atoms with E-state index in [9.17, 15) is 4.79 Å². The summed E-state index contributed by atoms with van der Waals surface area (Å²) in [6.07, 6.45) is 3.34. The Kier molecular flexibility index (Phi) is 1.76. The molecular formula is C12H6BrNO. The lowest BCUT2D eigenvalue weighted by Gasteiger charge is -1.98. The van der Waals surface area contributed by atoms with Crippen LogP contribution < -0.4 is 0 Å². The molecule has 2 aromatic rings. The van der Waals surface area contributed by atoms with E-state index in [1.165, 1.54) is 0 Å². The van der Waals surface area contributed by atoms with Crippen LogP contribution in [0.1, 0.15) is 15.9 Å². The molecule has 0 saturated heterocycles. The average Bonchev–Trinajstić information content (AvgIpc) is 2.54. The minimum Gasteiger partial charge on any atom is -0.289 e. The molecule has 1 aliphatic carbocycles. The molecule has 0 spiro atoms. The van der Waals surface area contributed by atoms with Gasteiger partial charge in [0.2, 0.25) is 0 Å². The third-order valence-corrected chi connectivity index (χ3v) is 3.08. The fourth-order valence-corrected chi connectivity index (χ4v) is 2.26. The smallest absolute Gasteiger partial charge is 0.195 e. The lowest BCUT2D eigenvalue weighted by atomic mass is 10.1. The van der Waals surface area contributed by atoms with Crippen molar-refractivity contribution >= 4 is 21.7 Å². The van der Waals surface area contributed by atoms with E-state index in [4.69, 9.17) is 0 Å². The minimum absolute atomic E-state index is 0.0643. The minimum atomic E-state index is 0.0643. The van der Waals surface area contributed by atoms with Gasteiger partial charge in [-0.25, -0.2) is 0 Å². The van der Waals surface area contributed by atoms with Crippen LogP contribution in [0.15, 0.2) is 41.1 Å². The summed E-state index contributed by atoms with van der Waals surface area (Å²) in [7, 11) is 0. The van der Waals surface area contributed by atoms with Crippen LogP contribution in [0.4, 0.5) is 0 Å². The predicted octanol–water partition coefficient (Wildman–Crippen LogP) is 3.06. The third kappa shape index (κ3) is 1.16. The van der Waals surface area contributed by atoms with E-state index in [1.54, 1.807) is 12.4 Å². The van der Waals surface area contributed by atoms with Gasteiger partial charge in [0.1, 0.15) is 0 Å². The summed E-state index contributed by atoms with van der Waals surface area (Å²) >= 11 is 3.37. The Morgan fingerprint density at radius 3 is 2.67 bits per heavy atom. The number of aromatic nitrogens is 1. The van der Waals surface area contributed by atoms with Gasteiger partial charge in [-0.1, -0.05) is 22.0 Å². The van der Waals surface area contributed by atoms with Crippen molar-refractivity contribution in [2.45, 2.75) is 0 Å². The highest BCUT2D eigenvalue weighted by molar-refractivity contribution is 9.10. The van der Waals surface area contributed by atoms with Crippen molar-refractivity contribution in [3.8, 4) is 11.1 Å². The first-order chi connectivity index (χ1) is 7.27. The van der Waals surface area contributed by atoms with E-state index in [2.05, 4.69) is 20.9 Å². The Bertz CT molecular complexity index is 578. The Morgan fingerprint density at radius 2 is 1.80 bits per heavy atom. The van der Waals surface area contributed by atoms with Crippen LogP contribution in [0.3, 0.4) is 0 Å². The molecule has 0 fully saturated rings. The second-order valence-corrected chi connectivity index (χ2v) is 4.36. The fourth-order valence-electron chi connectivity index (χ4n) is 1.89. The molecule has 72 valence electrons. The number of carbonyl (C=O) groups excluding carboxylic acids is 1. The van der Waals surface area contributed by atoms with Crippen LogP contribution in [-0.2, 0) is 0 Å². The molecule has 1 aromatic heterocycles. The lowest BCUT2D eigenvalue weighted by molar-refractivity contribution is 0.104. The first-order valence-electron chi connectivity index (χ1n) is 4.56. The second-order valence-electron chi connectivity index (χ2n) is 3.44. The molecule has 1 heterocycles. The Morgan fingerprint density at radius 1 is 1.00 bits per heavy atom. The summed E-state index contributed by atoms with van der Waals surface area (Å²) in [5, 5.41) is 0. The number of nitrogens with zero attached hydrogens (tertiary/aromatic N) is 1. The van der Waals surface area contributed by atoms with Gasteiger partial charge in [-0.05, 0) is 29.3 Å². The zero-order valence-corrected chi connectivity index (χ0v) is 9.28. The number of pyridine rings is 1. The van der Waals surface area contributed by atoms with Crippen LogP contribution in [0.2, 0.25) is 0 Å². The van der Waals surface area contributed by atoms with Crippen molar-refractivity contribution < 1.29 is 4.79 Å². The Hall–Kier alpha value is -1.48. The van der Waals surface area contributed by atoms with E-state index < -0.39 is 0 Å². The standard InChI is InChI=1S/C12H6BrNO/c13-7-1-2-8-9-3-4-14-6-11(9)12(15)10(8)5-7/h1-6H. The van der Waals surface area contributed by atoms with Gasteiger partial charge in [-0.2, -0.15) is 0 Å². The normalized spacial score (nSPS) is 12.5. The summed E-state index contributed by atoms with van der Waals surface area (Å²) in [6.45, 7) is 0. The van der Waals surface area contributed by atoms with Crippen LogP contribution in [0, 0.1) is 0 Å². The van der Waals surface area contributed by atoms with Crippen LogP contribution in [0.5, 0.6) is 0 Å². The maximum Gasteiger partial charge on any atom is 0.195 e. The monoisotopic (exact) mass is 259 g/mol. The maximum atomic E-state index is 12.0. The molecule has 0 radical (unpaired) electrons. The molecule has 3 rings (SSSR count). The molecule has 1 aliphatic rings. The molecule has 0 unspecified atom stereocenters. The van der Waals surface area contributed by atoms with Gasteiger partial charge in [0.25, 0.3) is 0 Å². The van der Waals surface area contributed by atoms with Crippen LogP contribution in [-0.4, -0.2) is 10.8 Å². The summed E-state index contributed by atoms with van der Waals surface area (Å²) in [6, 6.07) is 7.65. The highest BCUT2D eigenvalue weighted by atomic mass is 79.9. The average molecular weight is 260 g/mol. The van der Waals surface area contributed by atoms with Gasteiger partial charge in [-0.3, -0.25) is 9.78 Å². The number of hydrogen-bond acceptors (Lipinski definition) is 2. The Labute approximate surface area is 95.1 Å². The highest BCUT2D eigenvalue weighted by Gasteiger charge is 2.26. The van der Waals surface area contributed by atoms with E-state index in [0.29, 0.717) is 5.56 Å². The van der Waals surface area contributed by atoms with Crippen molar-refractivity contribution in [2.24, 2.45) is 0 Å². The fraction of sp³-hybridized carbons (Fsp3) is 0. The topological polar surface area (TPSA) is 30.0 Å². The second kappa shape index (κ2) is 3.00. The van der Waals surface area contributed by atoms with Gasteiger partial charge in [-0.15, -0.1) is 0 Å². The molecule has 0 atom stereocenters. The molecule has 0 aliphatic heterocycles. The molecular weight excluding hydrogens is 254 g/mol. The molecule has 15 heavy (non-hydrogen) atoms. The number of ketones is 1. The quantitative estimate of drug-likeness (QED) is 0.621. The summed E-state index contributed by atoms with van der Waals surface area (Å²) in [5.74, 6) is 0.0643. The molecule has 2 nitrogen and oxygen atoms in total. The van der Waals surface area contributed by atoms with Crippen molar-refractivity contribution in [3.05, 3.63) is 52.3 Å². The molecule has 0 N–H and O–H groups in total. The van der Waals surface area contributed by atoms with Gasteiger partial charge < -0.3 is 0 Å². The lowest BCUT2D eigenvalue weighted by Crippen LogP contribution is -1.95. The number of halogens is 1. The zero-order chi connectivity index (χ0) is 10.4. The summed E-state index contributed by atoms with van der Waals surface area (Å²) in [4.78, 5) is 16.0. The van der Waals surface area contributed by atoms with Crippen LogP contribution in [0.25, 0.3) is 11.1 Å². The van der Waals surface area contributed by atoms with Gasteiger partial charge in [0.05, 0.1) is 0 Å². The van der Waals surface area contributed by atoms with Crippen molar-refractivity contribution in [1.29, 1.82) is 0 Å². The molecule has 0 bridgehead atoms. The van der Waals surface area contributed by atoms with Crippen LogP contribution >= 0.6 is 15.9 Å². The number of carbonyl (C=O) groups is 1. The number of fused-ring (bicyclic) bond motifs is 3. The van der Waals surface area contributed by atoms with E-state index >= 15 is 0 Å². The van der Waals surface area contributed by atoms with E-state index in [0.717, 1.165) is 21.2 Å². The zero-order valence-electron chi connectivity index (χ0n) is 7.70. The first-order valence-corrected chi connectivity index (χ1v) is 5.35. The van der Waals surface area contributed by atoms with Gasteiger partial charge >= 0.3 is 0 Å². The third-order valence-electron chi connectivity index (χ3n) is 2.58. The molecule has 3 heteroatoms. The van der Waals surface area contributed by atoms with Crippen molar-refractivity contribution in [3.63, 3.8) is 0 Å². The SMILES string of the molecule is O=C1c2cnccc2-c2ccc(Br)cc21. The molecule has 0 amide bonds. The number of rotatable bonds is 0. The number of benzene rings is 1. The van der Waals surface area contributed by atoms with E-state index in [1.807, 2.05) is 24.3 Å². The van der Waals surface area contributed by atoms with Gasteiger partial charge in [0.15, 0.2) is 5.78 Å². The number of hydrogen-bond donors (Lipinski definition) is 0. The summed E-state index contributed by atoms with van der Waals surface area (Å²) in [5.41, 5.74) is 3.44. The van der Waals surface area contributed by atoms with Crippen molar-refractivity contribution in [1.82, 2.24) is 4.98 Å². The Balaban J connectivity index is 2.38. The largest absolute Gasteiger partial charge is 0.289 e.